The molecule has 1 aromatic rings. The molecular formula is C17H26N4. The predicted molar refractivity (Wildman–Crippen MR) is 88.9 cm³/mol. The summed E-state index contributed by atoms with van der Waals surface area (Å²) < 4.78 is 0. The van der Waals surface area contributed by atoms with E-state index < -0.39 is 5.54 Å². The van der Waals surface area contributed by atoms with Gasteiger partial charge in [0.2, 0.25) is 0 Å². The van der Waals surface area contributed by atoms with Crippen molar-refractivity contribution >= 4 is 11.4 Å². The first-order chi connectivity index (χ1) is 10.1. The number of anilines is 2. The van der Waals surface area contributed by atoms with Gasteiger partial charge in [0.05, 0.1) is 17.4 Å². The van der Waals surface area contributed by atoms with Crippen LogP contribution in [0.1, 0.15) is 26.7 Å². The standard InChI is InChI=1S/C17H26N4/c1-4-19-17(2,14-18)10-7-11-21-13-12-20(3)15-8-5-6-9-16(15)21/h5-6,8-9,19H,4,7,10-13H2,1-3H3. The Morgan fingerprint density at radius 1 is 1.29 bits per heavy atom. The molecule has 0 radical (unpaired) electrons. The SMILES string of the molecule is CCNC(C)(C#N)CCCN1CCN(C)c2ccccc21. The van der Waals surface area contributed by atoms with Crippen LogP contribution in [-0.4, -0.2) is 38.8 Å². The first-order valence-electron chi connectivity index (χ1n) is 7.81. The number of hydrogen-bond acceptors (Lipinski definition) is 4. The van der Waals surface area contributed by atoms with Crippen LogP contribution in [0.3, 0.4) is 0 Å². The molecule has 4 heteroatoms. The van der Waals surface area contributed by atoms with Crippen LogP contribution in [0.15, 0.2) is 24.3 Å². The van der Waals surface area contributed by atoms with Gasteiger partial charge in [0.1, 0.15) is 5.54 Å². The fraction of sp³-hybridized carbons (Fsp3) is 0.588. The fourth-order valence-corrected chi connectivity index (χ4v) is 3.00. The Morgan fingerprint density at radius 3 is 2.67 bits per heavy atom. The minimum absolute atomic E-state index is 0.402. The molecule has 0 spiro atoms. The van der Waals surface area contributed by atoms with Gasteiger partial charge in [-0.15, -0.1) is 0 Å². The van der Waals surface area contributed by atoms with Crippen LogP contribution in [0.2, 0.25) is 0 Å². The Morgan fingerprint density at radius 2 is 2.00 bits per heavy atom. The van der Waals surface area contributed by atoms with Gasteiger partial charge in [-0.1, -0.05) is 19.1 Å². The van der Waals surface area contributed by atoms with Crippen molar-refractivity contribution in [3.8, 4) is 6.07 Å². The number of nitriles is 1. The summed E-state index contributed by atoms with van der Waals surface area (Å²) in [4.78, 5) is 4.75. The number of para-hydroxylation sites is 2. The summed E-state index contributed by atoms with van der Waals surface area (Å²) >= 11 is 0. The highest BCUT2D eigenvalue weighted by Crippen LogP contribution is 2.31. The smallest absolute Gasteiger partial charge is 0.103 e. The maximum atomic E-state index is 9.31. The minimum Gasteiger partial charge on any atom is -0.371 e. The Labute approximate surface area is 128 Å². The zero-order chi connectivity index (χ0) is 15.3. The molecule has 0 bridgehead atoms. The quantitative estimate of drug-likeness (QED) is 0.873. The van der Waals surface area contributed by atoms with E-state index in [4.69, 9.17) is 0 Å². The first-order valence-corrected chi connectivity index (χ1v) is 7.81. The molecule has 1 heterocycles. The normalized spacial score (nSPS) is 17.0. The molecule has 1 atom stereocenters. The van der Waals surface area contributed by atoms with E-state index in [0.29, 0.717) is 0 Å². The van der Waals surface area contributed by atoms with Gasteiger partial charge in [0.15, 0.2) is 0 Å². The molecule has 1 aromatic carbocycles. The van der Waals surface area contributed by atoms with Gasteiger partial charge < -0.3 is 9.80 Å². The van der Waals surface area contributed by atoms with E-state index in [1.807, 2.05) is 13.8 Å². The van der Waals surface area contributed by atoms with Crippen LogP contribution in [0.4, 0.5) is 11.4 Å². The average Bonchev–Trinajstić information content (AvgIpc) is 2.50. The molecule has 114 valence electrons. The molecule has 1 aliphatic rings. The first kappa shape index (κ1) is 15.7. The molecule has 1 aliphatic heterocycles. The summed E-state index contributed by atoms with van der Waals surface area (Å²) in [5, 5.41) is 12.6. The van der Waals surface area contributed by atoms with Crippen LogP contribution >= 0.6 is 0 Å². The van der Waals surface area contributed by atoms with Crippen molar-refractivity contribution < 1.29 is 0 Å². The molecule has 0 saturated carbocycles. The number of likely N-dealkylation sites (N-methyl/N-ethyl adjacent to an activating group) is 1. The number of rotatable bonds is 6. The molecule has 4 nitrogen and oxygen atoms in total. The van der Waals surface area contributed by atoms with Crippen LogP contribution in [-0.2, 0) is 0 Å². The van der Waals surface area contributed by atoms with E-state index in [1.165, 1.54) is 11.4 Å². The maximum absolute atomic E-state index is 9.31. The third-order valence-electron chi connectivity index (χ3n) is 4.26. The summed E-state index contributed by atoms with van der Waals surface area (Å²) in [5.41, 5.74) is 2.22. The van der Waals surface area contributed by atoms with Crippen molar-refractivity contribution in [1.29, 1.82) is 5.26 Å². The van der Waals surface area contributed by atoms with Crippen molar-refractivity contribution in [2.24, 2.45) is 0 Å². The van der Waals surface area contributed by atoms with E-state index >= 15 is 0 Å². The van der Waals surface area contributed by atoms with Gasteiger partial charge in [-0.3, -0.25) is 5.32 Å². The van der Waals surface area contributed by atoms with Gasteiger partial charge in [0, 0.05) is 26.7 Å². The molecule has 0 aliphatic carbocycles. The van der Waals surface area contributed by atoms with Gasteiger partial charge >= 0.3 is 0 Å². The van der Waals surface area contributed by atoms with Gasteiger partial charge in [-0.25, -0.2) is 0 Å². The number of nitrogens with one attached hydrogen (secondary N) is 1. The van der Waals surface area contributed by atoms with Gasteiger partial charge in [-0.2, -0.15) is 5.26 Å². The van der Waals surface area contributed by atoms with E-state index in [1.54, 1.807) is 0 Å². The molecular weight excluding hydrogens is 260 g/mol. The van der Waals surface area contributed by atoms with Crippen molar-refractivity contribution in [2.75, 3.05) is 43.0 Å². The summed E-state index contributed by atoms with van der Waals surface area (Å²) in [6.45, 7) is 7.99. The number of benzene rings is 1. The van der Waals surface area contributed by atoms with Crippen molar-refractivity contribution in [2.45, 2.75) is 32.2 Å². The van der Waals surface area contributed by atoms with Crippen molar-refractivity contribution in [3.05, 3.63) is 24.3 Å². The van der Waals surface area contributed by atoms with Gasteiger partial charge in [0.25, 0.3) is 0 Å². The Kier molecular flexibility index (Phi) is 5.08. The number of fused-ring (bicyclic) bond motifs is 1. The highest BCUT2D eigenvalue weighted by molar-refractivity contribution is 5.72. The minimum atomic E-state index is -0.402. The van der Waals surface area contributed by atoms with Crippen LogP contribution < -0.4 is 15.1 Å². The molecule has 0 fully saturated rings. The van der Waals surface area contributed by atoms with Crippen molar-refractivity contribution in [1.82, 2.24) is 5.32 Å². The lowest BCUT2D eigenvalue weighted by Crippen LogP contribution is -2.43. The molecule has 0 saturated heterocycles. The monoisotopic (exact) mass is 286 g/mol. The topological polar surface area (TPSA) is 42.3 Å². The maximum Gasteiger partial charge on any atom is 0.103 e. The van der Waals surface area contributed by atoms with Crippen LogP contribution in [0.5, 0.6) is 0 Å². The lowest BCUT2D eigenvalue weighted by atomic mass is 9.97. The highest BCUT2D eigenvalue weighted by atomic mass is 15.2. The Bertz CT molecular complexity index is 508. The predicted octanol–water partition coefficient (Wildman–Crippen LogP) is 2.61. The lowest BCUT2D eigenvalue weighted by molar-refractivity contribution is 0.416. The van der Waals surface area contributed by atoms with E-state index in [2.05, 4.69) is 52.5 Å². The van der Waals surface area contributed by atoms with E-state index in [0.717, 1.165) is 39.0 Å². The molecule has 0 aromatic heterocycles. The third-order valence-corrected chi connectivity index (χ3v) is 4.26. The molecule has 0 amide bonds. The van der Waals surface area contributed by atoms with Gasteiger partial charge in [-0.05, 0) is 38.4 Å². The zero-order valence-corrected chi connectivity index (χ0v) is 13.4. The molecule has 2 rings (SSSR count). The molecule has 21 heavy (non-hydrogen) atoms. The van der Waals surface area contributed by atoms with Crippen molar-refractivity contribution in [3.63, 3.8) is 0 Å². The zero-order valence-electron chi connectivity index (χ0n) is 13.4. The summed E-state index contributed by atoms with van der Waals surface area (Å²) in [5.74, 6) is 0. The van der Waals surface area contributed by atoms with Crippen LogP contribution in [0.25, 0.3) is 0 Å². The number of hydrogen-bond donors (Lipinski definition) is 1. The summed E-state index contributed by atoms with van der Waals surface area (Å²) in [6.07, 6.45) is 1.90. The molecule has 1 unspecified atom stereocenters. The average molecular weight is 286 g/mol. The second-order valence-corrected chi connectivity index (χ2v) is 5.98. The fourth-order valence-electron chi connectivity index (χ4n) is 3.00. The molecule has 1 N–H and O–H groups in total. The highest BCUT2D eigenvalue weighted by Gasteiger charge is 2.23. The van der Waals surface area contributed by atoms with E-state index in [-0.39, 0.29) is 0 Å². The van der Waals surface area contributed by atoms with Crippen LogP contribution in [0, 0.1) is 11.3 Å². The second kappa shape index (κ2) is 6.82. The second-order valence-electron chi connectivity index (χ2n) is 5.98. The summed E-state index contributed by atoms with van der Waals surface area (Å²) in [7, 11) is 2.15. The number of nitrogens with zero attached hydrogens (tertiary/aromatic N) is 3. The lowest BCUT2D eigenvalue weighted by Gasteiger charge is -2.37. The van der Waals surface area contributed by atoms with E-state index in [9.17, 15) is 5.26 Å². The summed E-state index contributed by atoms with van der Waals surface area (Å²) in [6, 6.07) is 11.0. The Balaban J connectivity index is 1.96. The third kappa shape index (κ3) is 3.68. The largest absolute Gasteiger partial charge is 0.371 e. The Hall–Kier alpha value is -1.73.